The van der Waals surface area contributed by atoms with E-state index in [9.17, 15) is 14.0 Å². The van der Waals surface area contributed by atoms with Crippen molar-refractivity contribution in [2.45, 2.75) is 43.9 Å². The number of nitrogen functional groups attached to an aromatic ring is 1. The number of ether oxygens (including phenoxy) is 3. The molecule has 6 heterocycles. The predicted molar refractivity (Wildman–Crippen MR) is 170 cm³/mol. The van der Waals surface area contributed by atoms with Crippen LogP contribution >= 0.6 is 22.9 Å². The third kappa shape index (κ3) is 4.33. The Morgan fingerprint density at radius 2 is 2.09 bits per heavy atom. The molecule has 0 spiro atoms. The standard InChI is InChI=1S/C32H30ClF3N6O3S/c1-2-42-20-13-43-11-15(20)12-44-27-23-26(39-31(40-30(23)42)45-14-32-6-3-7-41(32)10-16(34)8-32)25(36)22(24(27)33)17-4-5-19(35)28-21(17)18(9-37)29(38)46-28/h4-5,15-16,20H,2-3,6-8,10-14,38H2,1H3/t15?,16-,20?,32+/m1/s1. The highest BCUT2D eigenvalue weighted by Crippen LogP contribution is 2.51. The highest BCUT2D eigenvalue weighted by atomic mass is 35.5. The average Bonchev–Trinajstić information content (AvgIpc) is 3.79. The Kier molecular flexibility index (Phi) is 7.13. The molecule has 3 saturated heterocycles. The highest BCUT2D eigenvalue weighted by Gasteiger charge is 2.49. The van der Waals surface area contributed by atoms with Crippen LogP contribution in [-0.4, -0.2) is 78.7 Å². The minimum absolute atomic E-state index is 0.0302. The number of nitrogens with two attached hydrogens (primary N) is 1. The number of hydrogen-bond donors (Lipinski definition) is 1. The van der Waals surface area contributed by atoms with Gasteiger partial charge in [-0.2, -0.15) is 15.2 Å². The second kappa shape index (κ2) is 11.0. The molecule has 9 nitrogen and oxygen atoms in total. The monoisotopic (exact) mass is 670 g/mol. The molecule has 2 N–H and O–H groups in total. The molecule has 4 aliphatic rings. The molecule has 240 valence electrons. The van der Waals surface area contributed by atoms with E-state index in [1.165, 1.54) is 12.1 Å². The van der Waals surface area contributed by atoms with Crippen LogP contribution in [0.2, 0.25) is 5.02 Å². The third-order valence-electron chi connectivity index (χ3n) is 9.99. The van der Waals surface area contributed by atoms with Crippen molar-refractivity contribution in [3.05, 3.63) is 34.4 Å². The first kappa shape index (κ1) is 29.8. The first-order valence-corrected chi connectivity index (χ1v) is 16.6. The van der Waals surface area contributed by atoms with Gasteiger partial charge < -0.3 is 24.8 Å². The molecule has 8 rings (SSSR count). The lowest BCUT2D eigenvalue weighted by Crippen LogP contribution is -2.44. The quantitative estimate of drug-likeness (QED) is 0.270. The summed E-state index contributed by atoms with van der Waals surface area (Å²) in [6, 6.07) is 4.47. The van der Waals surface area contributed by atoms with Gasteiger partial charge in [0.2, 0.25) is 0 Å². The number of nitriles is 1. The smallest absolute Gasteiger partial charge is 0.319 e. The van der Waals surface area contributed by atoms with Gasteiger partial charge in [-0.05, 0) is 37.9 Å². The number of fused-ring (bicyclic) bond motifs is 3. The van der Waals surface area contributed by atoms with E-state index in [0.717, 1.165) is 30.7 Å². The topological polar surface area (TPSA) is 110 Å². The highest BCUT2D eigenvalue weighted by molar-refractivity contribution is 7.23. The maximum atomic E-state index is 17.1. The molecule has 14 heteroatoms. The normalized spacial score (nSPS) is 25.7. The number of anilines is 2. The molecule has 2 aromatic carbocycles. The number of alkyl halides is 1. The summed E-state index contributed by atoms with van der Waals surface area (Å²) < 4.78 is 65.2. The second-order valence-electron chi connectivity index (χ2n) is 12.5. The summed E-state index contributed by atoms with van der Waals surface area (Å²) in [5.41, 5.74) is 5.65. The Balaban J connectivity index is 1.37. The number of rotatable bonds is 5. The van der Waals surface area contributed by atoms with Gasteiger partial charge in [0.1, 0.15) is 41.0 Å². The van der Waals surface area contributed by atoms with E-state index in [1.807, 2.05) is 17.9 Å². The molecule has 0 aliphatic carbocycles. The van der Waals surface area contributed by atoms with Gasteiger partial charge in [-0.15, -0.1) is 11.3 Å². The van der Waals surface area contributed by atoms with Crippen LogP contribution in [0.25, 0.3) is 32.1 Å². The summed E-state index contributed by atoms with van der Waals surface area (Å²) in [5.74, 6) is -0.855. The van der Waals surface area contributed by atoms with Crippen LogP contribution in [0.4, 0.5) is 24.0 Å². The van der Waals surface area contributed by atoms with E-state index in [2.05, 4.69) is 9.88 Å². The number of likely N-dealkylation sites (N-methyl/N-ethyl adjacent to an activating group) is 1. The van der Waals surface area contributed by atoms with E-state index < -0.39 is 23.3 Å². The number of thiophene rings is 1. The van der Waals surface area contributed by atoms with Crippen molar-refractivity contribution in [1.29, 1.82) is 5.26 Å². The summed E-state index contributed by atoms with van der Waals surface area (Å²) >= 11 is 7.96. The molecule has 0 saturated carbocycles. The number of nitrogens with zero attached hydrogens (tertiary/aromatic N) is 5. The van der Waals surface area contributed by atoms with Gasteiger partial charge in [-0.1, -0.05) is 17.7 Å². The van der Waals surface area contributed by atoms with Crippen LogP contribution in [0.3, 0.4) is 0 Å². The van der Waals surface area contributed by atoms with E-state index in [0.29, 0.717) is 38.5 Å². The molecule has 2 unspecified atom stereocenters. The zero-order valence-electron chi connectivity index (χ0n) is 24.9. The van der Waals surface area contributed by atoms with E-state index in [4.69, 9.17) is 36.5 Å². The first-order valence-electron chi connectivity index (χ1n) is 15.4. The van der Waals surface area contributed by atoms with Crippen molar-refractivity contribution in [2.75, 3.05) is 56.7 Å². The minimum Gasteiger partial charge on any atom is -0.491 e. The average molecular weight is 671 g/mol. The van der Waals surface area contributed by atoms with E-state index >= 15 is 4.39 Å². The molecule has 4 aromatic rings. The molecule has 0 amide bonds. The summed E-state index contributed by atoms with van der Waals surface area (Å²) in [5, 5.41) is 10.4. The Bertz CT molecular complexity index is 1950. The zero-order chi connectivity index (χ0) is 31.9. The van der Waals surface area contributed by atoms with Gasteiger partial charge in [0.05, 0.1) is 52.1 Å². The molecule has 0 radical (unpaired) electrons. The van der Waals surface area contributed by atoms with Gasteiger partial charge in [-0.25, -0.2) is 13.2 Å². The van der Waals surface area contributed by atoms with E-state index in [-0.39, 0.29) is 84.6 Å². The Hall–Kier alpha value is -3.57. The number of benzene rings is 2. The van der Waals surface area contributed by atoms with Crippen molar-refractivity contribution in [3.8, 4) is 29.0 Å². The van der Waals surface area contributed by atoms with E-state index in [1.54, 1.807) is 0 Å². The fourth-order valence-electron chi connectivity index (χ4n) is 7.86. The van der Waals surface area contributed by atoms with Crippen molar-refractivity contribution >= 4 is 54.7 Å². The van der Waals surface area contributed by atoms with Crippen molar-refractivity contribution in [2.24, 2.45) is 5.92 Å². The van der Waals surface area contributed by atoms with Crippen molar-refractivity contribution < 1.29 is 27.4 Å². The maximum Gasteiger partial charge on any atom is 0.319 e. The lowest BCUT2D eigenvalue weighted by Gasteiger charge is -2.35. The lowest BCUT2D eigenvalue weighted by molar-refractivity contribution is 0.107. The van der Waals surface area contributed by atoms with Gasteiger partial charge in [-0.3, -0.25) is 4.90 Å². The summed E-state index contributed by atoms with van der Waals surface area (Å²) in [7, 11) is 0. The number of aromatic nitrogens is 2. The first-order chi connectivity index (χ1) is 22.2. The fourth-order valence-corrected chi connectivity index (χ4v) is 9.14. The van der Waals surface area contributed by atoms with Crippen molar-refractivity contribution in [1.82, 2.24) is 14.9 Å². The summed E-state index contributed by atoms with van der Waals surface area (Å²) in [4.78, 5) is 13.6. The number of halogens is 4. The lowest BCUT2D eigenvalue weighted by atomic mass is 9.95. The van der Waals surface area contributed by atoms with Gasteiger partial charge in [0.15, 0.2) is 11.6 Å². The van der Waals surface area contributed by atoms with Crippen LogP contribution in [0.15, 0.2) is 12.1 Å². The molecular weight excluding hydrogens is 641 g/mol. The molecule has 2 aromatic heterocycles. The van der Waals surface area contributed by atoms with Crippen LogP contribution in [-0.2, 0) is 4.74 Å². The van der Waals surface area contributed by atoms with Crippen LogP contribution < -0.4 is 20.1 Å². The molecular formula is C32H30ClF3N6O3S. The van der Waals surface area contributed by atoms with Gasteiger partial charge >= 0.3 is 6.01 Å². The molecule has 4 atom stereocenters. The predicted octanol–water partition coefficient (Wildman–Crippen LogP) is 6.09. The Labute approximate surface area is 271 Å². The van der Waals surface area contributed by atoms with Crippen LogP contribution in [0, 0.1) is 28.9 Å². The van der Waals surface area contributed by atoms with Crippen molar-refractivity contribution in [3.63, 3.8) is 0 Å². The summed E-state index contributed by atoms with van der Waals surface area (Å²) in [6.45, 7) is 4.96. The largest absolute Gasteiger partial charge is 0.491 e. The molecule has 4 aliphatic heterocycles. The fraction of sp³-hybridized carbons (Fsp3) is 0.469. The second-order valence-corrected chi connectivity index (χ2v) is 13.9. The molecule has 3 fully saturated rings. The minimum atomic E-state index is -0.941. The summed E-state index contributed by atoms with van der Waals surface area (Å²) in [6.07, 6.45) is 1.14. The zero-order valence-corrected chi connectivity index (χ0v) is 26.5. The Morgan fingerprint density at radius 1 is 1.24 bits per heavy atom. The Morgan fingerprint density at radius 3 is 2.89 bits per heavy atom. The van der Waals surface area contributed by atoms with Crippen LogP contribution in [0.5, 0.6) is 11.8 Å². The number of hydrogen-bond acceptors (Lipinski definition) is 10. The van der Waals surface area contributed by atoms with Gasteiger partial charge in [0, 0.05) is 36.4 Å². The molecule has 0 bridgehead atoms. The SMILES string of the molecule is CCN1c2nc(OC[C@@]34CCCN3C[C@H](F)C4)nc3c(F)c(-c4ccc(F)c5sc(N)c(C#N)c45)c(Cl)c(c23)OCC2COCC21. The molecule has 46 heavy (non-hydrogen) atoms. The maximum absolute atomic E-state index is 17.1. The third-order valence-corrected chi connectivity index (χ3v) is 11.4. The van der Waals surface area contributed by atoms with Crippen LogP contribution in [0.1, 0.15) is 31.7 Å². The van der Waals surface area contributed by atoms with Gasteiger partial charge in [0.25, 0.3) is 0 Å².